The molecule has 9 nitrogen and oxygen atoms in total. The molecule has 13 heteroatoms. The average Bonchev–Trinajstić information content (AvgIpc) is 3.57. The Morgan fingerprint density at radius 1 is 0.925 bits per heavy atom. The fourth-order valence-corrected chi connectivity index (χ4v) is 5.60. The third kappa shape index (κ3) is 6.48. The summed E-state index contributed by atoms with van der Waals surface area (Å²) < 4.78 is 32.6. The number of carbonyl (C=O) groups excluding carboxylic acids is 1. The fourth-order valence-electron chi connectivity index (χ4n) is 4.12. The van der Waals surface area contributed by atoms with Crippen LogP contribution in [0.2, 0.25) is 15.1 Å². The monoisotopic (exact) mass is 616 g/mol. The SMILES string of the molecule is O=C(Nc1nc2cc(S(=O)(=O)NCc3ccc(Cl)c(Cl)c3)ccc2n1CCCn1ccnc1)c1ccc(Cl)cc1. The van der Waals surface area contributed by atoms with Crippen molar-refractivity contribution in [1.29, 1.82) is 0 Å². The van der Waals surface area contributed by atoms with Crippen LogP contribution in [0.25, 0.3) is 11.0 Å². The molecule has 0 fully saturated rings. The summed E-state index contributed by atoms with van der Waals surface area (Å²) in [5.74, 6) is -0.0575. The molecule has 206 valence electrons. The van der Waals surface area contributed by atoms with Crippen molar-refractivity contribution in [1.82, 2.24) is 23.8 Å². The van der Waals surface area contributed by atoms with E-state index in [1.54, 1.807) is 61.1 Å². The molecule has 0 saturated carbocycles. The van der Waals surface area contributed by atoms with Gasteiger partial charge < -0.3 is 9.13 Å². The maximum Gasteiger partial charge on any atom is 0.257 e. The van der Waals surface area contributed by atoms with Crippen molar-refractivity contribution in [3.05, 3.63) is 106 Å². The van der Waals surface area contributed by atoms with Crippen molar-refractivity contribution in [2.24, 2.45) is 0 Å². The second kappa shape index (κ2) is 12.0. The van der Waals surface area contributed by atoms with Crippen molar-refractivity contribution in [3.63, 3.8) is 0 Å². The lowest BCUT2D eigenvalue weighted by Crippen LogP contribution is -2.23. The first-order valence-corrected chi connectivity index (χ1v) is 14.8. The number of rotatable bonds is 10. The summed E-state index contributed by atoms with van der Waals surface area (Å²) in [5.41, 5.74) is 2.18. The zero-order valence-corrected chi connectivity index (χ0v) is 24.0. The van der Waals surface area contributed by atoms with Crippen LogP contribution in [0.3, 0.4) is 0 Å². The number of hydrogen-bond donors (Lipinski definition) is 2. The Kier molecular flexibility index (Phi) is 8.43. The molecular formula is C27H23Cl3N6O3S. The van der Waals surface area contributed by atoms with E-state index in [1.807, 2.05) is 15.3 Å². The predicted molar refractivity (Wildman–Crippen MR) is 156 cm³/mol. The van der Waals surface area contributed by atoms with Crippen molar-refractivity contribution in [2.75, 3.05) is 5.32 Å². The summed E-state index contributed by atoms with van der Waals surface area (Å²) in [7, 11) is -3.88. The highest BCUT2D eigenvalue weighted by atomic mass is 35.5. The Balaban J connectivity index is 1.41. The van der Waals surface area contributed by atoms with Crippen LogP contribution in [0, 0.1) is 0 Å². The zero-order valence-electron chi connectivity index (χ0n) is 20.9. The lowest BCUT2D eigenvalue weighted by Gasteiger charge is -2.11. The summed E-state index contributed by atoms with van der Waals surface area (Å²) in [5, 5.41) is 4.10. The Morgan fingerprint density at radius 2 is 1.73 bits per heavy atom. The number of amides is 1. The summed E-state index contributed by atoms with van der Waals surface area (Å²) in [6.45, 7) is 1.25. The molecule has 2 heterocycles. The van der Waals surface area contributed by atoms with E-state index in [0.29, 0.717) is 56.3 Å². The van der Waals surface area contributed by atoms with Gasteiger partial charge in [0.05, 0.1) is 32.3 Å². The van der Waals surface area contributed by atoms with E-state index in [-0.39, 0.29) is 17.3 Å². The summed E-state index contributed by atoms with van der Waals surface area (Å²) >= 11 is 18.0. The number of aromatic nitrogens is 4. The van der Waals surface area contributed by atoms with Gasteiger partial charge in [-0.25, -0.2) is 23.1 Å². The van der Waals surface area contributed by atoms with E-state index in [0.717, 1.165) is 6.42 Å². The van der Waals surface area contributed by atoms with Crippen LogP contribution in [0.4, 0.5) is 5.95 Å². The second-order valence-corrected chi connectivity index (χ2v) is 11.9. The largest absolute Gasteiger partial charge is 0.337 e. The number of imidazole rings is 2. The molecule has 0 atom stereocenters. The van der Waals surface area contributed by atoms with Crippen LogP contribution in [-0.2, 0) is 29.7 Å². The van der Waals surface area contributed by atoms with E-state index in [1.165, 1.54) is 12.1 Å². The maximum absolute atomic E-state index is 13.1. The van der Waals surface area contributed by atoms with Gasteiger partial charge in [0, 0.05) is 42.6 Å². The summed E-state index contributed by atoms with van der Waals surface area (Å²) in [4.78, 5) is 21.7. The maximum atomic E-state index is 13.1. The number of hydrogen-bond acceptors (Lipinski definition) is 5. The molecule has 0 bridgehead atoms. The van der Waals surface area contributed by atoms with Crippen LogP contribution >= 0.6 is 34.8 Å². The van der Waals surface area contributed by atoms with E-state index in [2.05, 4.69) is 20.0 Å². The van der Waals surface area contributed by atoms with Crippen LogP contribution in [-0.4, -0.2) is 33.4 Å². The van der Waals surface area contributed by atoms with E-state index in [9.17, 15) is 13.2 Å². The number of nitrogens with one attached hydrogen (secondary N) is 2. The third-order valence-corrected chi connectivity index (χ3v) is 8.56. The molecule has 2 N–H and O–H groups in total. The molecule has 0 radical (unpaired) electrons. The molecule has 0 aliphatic carbocycles. The van der Waals surface area contributed by atoms with Gasteiger partial charge in [-0.15, -0.1) is 0 Å². The Hall–Kier alpha value is -3.41. The smallest absolute Gasteiger partial charge is 0.257 e. The molecule has 5 rings (SSSR count). The van der Waals surface area contributed by atoms with Gasteiger partial charge in [0.15, 0.2) is 0 Å². The van der Waals surface area contributed by atoms with Crippen LogP contribution in [0.5, 0.6) is 0 Å². The quantitative estimate of drug-likeness (QED) is 0.199. The first kappa shape index (κ1) is 28.1. The number of nitrogens with zero attached hydrogens (tertiary/aromatic N) is 4. The van der Waals surface area contributed by atoms with Gasteiger partial charge >= 0.3 is 0 Å². The van der Waals surface area contributed by atoms with Gasteiger partial charge in [-0.05, 0) is 66.6 Å². The number of carbonyl (C=O) groups is 1. The highest BCUT2D eigenvalue weighted by molar-refractivity contribution is 7.89. The Morgan fingerprint density at radius 3 is 2.45 bits per heavy atom. The molecule has 5 aromatic rings. The van der Waals surface area contributed by atoms with Gasteiger partial charge in [-0.2, -0.15) is 0 Å². The van der Waals surface area contributed by atoms with Crippen LogP contribution in [0.1, 0.15) is 22.3 Å². The van der Waals surface area contributed by atoms with E-state index < -0.39 is 10.0 Å². The first-order valence-electron chi connectivity index (χ1n) is 12.2. The second-order valence-electron chi connectivity index (χ2n) is 8.93. The van der Waals surface area contributed by atoms with Crippen molar-refractivity contribution < 1.29 is 13.2 Å². The van der Waals surface area contributed by atoms with Gasteiger partial charge in [0.25, 0.3) is 5.91 Å². The Labute approximate surface area is 245 Å². The number of sulfonamides is 1. The molecule has 0 aliphatic rings. The van der Waals surface area contributed by atoms with E-state index >= 15 is 0 Å². The van der Waals surface area contributed by atoms with Crippen molar-refractivity contribution in [3.8, 4) is 0 Å². The van der Waals surface area contributed by atoms with Crippen molar-refractivity contribution >= 4 is 67.7 Å². The fraction of sp³-hybridized carbons (Fsp3) is 0.148. The molecule has 0 unspecified atom stereocenters. The predicted octanol–water partition coefficient (Wildman–Crippen LogP) is 6.01. The molecule has 3 aromatic carbocycles. The number of halogens is 3. The minimum atomic E-state index is -3.88. The van der Waals surface area contributed by atoms with Gasteiger partial charge in [-0.1, -0.05) is 40.9 Å². The van der Waals surface area contributed by atoms with Gasteiger partial charge in [0.2, 0.25) is 16.0 Å². The zero-order chi connectivity index (χ0) is 28.3. The first-order chi connectivity index (χ1) is 19.2. The molecule has 40 heavy (non-hydrogen) atoms. The highest BCUT2D eigenvalue weighted by Crippen LogP contribution is 2.26. The van der Waals surface area contributed by atoms with E-state index in [4.69, 9.17) is 34.8 Å². The highest BCUT2D eigenvalue weighted by Gasteiger charge is 2.19. The number of anilines is 1. The average molecular weight is 618 g/mol. The third-order valence-electron chi connectivity index (χ3n) is 6.17. The molecule has 1 amide bonds. The van der Waals surface area contributed by atoms with Crippen molar-refractivity contribution in [2.45, 2.75) is 31.0 Å². The lowest BCUT2D eigenvalue weighted by atomic mass is 10.2. The standard InChI is InChI=1S/C27H23Cl3N6O3S/c28-20-5-3-19(4-6-20)26(37)34-27-33-24-15-21(40(38,39)32-16-18-2-8-22(29)23(30)14-18)7-9-25(24)36(27)12-1-11-35-13-10-31-17-35/h2-10,13-15,17,32H,1,11-12,16H2,(H,33,34,37). The lowest BCUT2D eigenvalue weighted by molar-refractivity contribution is 0.102. The van der Waals surface area contributed by atoms with Gasteiger partial charge in [0.1, 0.15) is 0 Å². The molecule has 0 saturated heterocycles. The minimum absolute atomic E-state index is 0.0301. The number of fused-ring (bicyclic) bond motifs is 1. The molecular weight excluding hydrogens is 595 g/mol. The Bertz CT molecular complexity index is 1770. The summed E-state index contributed by atoms with van der Waals surface area (Å²) in [6.07, 6.45) is 6.04. The molecule has 2 aromatic heterocycles. The molecule has 0 aliphatic heterocycles. The summed E-state index contributed by atoms with van der Waals surface area (Å²) in [6, 6.07) is 16.1. The van der Waals surface area contributed by atoms with Crippen LogP contribution < -0.4 is 10.0 Å². The van der Waals surface area contributed by atoms with Gasteiger partial charge in [-0.3, -0.25) is 10.1 Å². The minimum Gasteiger partial charge on any atom is -0.337 e. The normalized spacial score (nSPS) is 11.7. The molecule has 0 spiro atoms. The van der Waals surface area contributed by atoms with Crippen LogP contribution in [0.15, 0.2) is 84.3 Å². The topological polar surface area (TPSA) is 111 Å². The number of aryl methyl sites for hydroxylation is 2. The number of benzene rings is 3.